The van der Waals surface area contributed by atoms with Crippen molar-refractivity contribution in [1.29, 1.82) is 0 Å². The monoisotopic (exact) mass is 280 g/mol. The number of aryl methyl sites for hydroxylation is 1. The normalized spacial score (nSPS) is 12.6. The van der Waals surface area contributed by atoms with Gasteiger partial charge in [-0.3, -0.25) is 0 Å². The lowest BCUT2D eigenvalue weighted by Gasteiger charge is -2.10. The number of hydrogen-bond acceptors (Lipinski definition) is 0. The standard InChI is InChI=1S/C18H29Cl/c1-3-5-6-7-8-9-11-18(19)17-14-12-16(10-4-2)13-15-17/h12-15,18H,3-11H2,1-2H3. The maximum Gasteiger partial charge on any atom is 0.0585 e. The molecule has 1 unspecified atom stereocenters. The molecule has 0 saturated heterocycles. The molecule has 1 aromatic rings. The summed E-state index contributed by atoms with van der Waals surface area (Å²) in [5, 5.41) is 0.196. The van der Waals surface area contributed by atoms with Crippen LogP contribution in [0.5, 0.6) is 0 Å². The second kappa shape index (κ2) is 10.3. The summed E-state index contributed by atoms with van der Waals surface area (Å²) in [5.74, 6) is 0. The number of unbranched alkanes of at least 4 members (excludes halogenated alkanes) is 5. The first-order chi connectivity index (χ1) is 9.27. The highest BCUT2D eigenvalue weighted by atomic mass is 35.5. The molecule has 0 fully saturated rings. The van der Waals surface area contributed by atoms with Crippen LogP contribution in [0.2, 0.25) is 0 Å². The SMILES string of the molecule is CCCCCCCCC(Cl)c1ccc(CCC)cc1. The van der Waals surface area contributed by atoms with Gasteiger partial charge in [-0.05, 0) is 24.0 Å². The van der Waals surface area contributed by atoms with Crippen LogP contribution in [-0.4, -0.2) is 0 Å². The summed E-state index contributed by atoms with van der Waals surface area (Å²) in [6.45, 7) is 4.48. The molecule has 108 valence electrons. The number of benzene rings is 1. The zero-order chi connectivity index (χ0) is 13.9. The zero-order valence-corrected chi connectivity index (χ0v) is 13.4. The molecule has 1 rings (SSSR count). The molecule has 0 spiro atoms. The molecule has 0 aliphatic rings. The van der Waals surface area contributed by atoms with Crippen LogP contribution in [0.4, 0.5) is 0 Å². The first-order valence-electron chi connectivity index (χ1n) is 8.00. The van der Waals surface area contributed by atoms with Gasteiger partial charge in [0.2, 0.25) is 0 Å². The highest BCUT2D eigenvalue weighted by molar-refractivity contribution is 6.20. The van der Waals surface area contributed by atoms with E-state index >= 15 is 0 Å². The van der Waals surface area contributed by atoms with Crippen LogP contribution in [-0.2, 0) is 6.42 Å². The molecule has 0 amide bonds. The molecule has 0 saturated carbocycles. The second-order valence-electron chi connectivity index (χ2n) is 5.52. The van der Waals surface area contributed by atoms with Crippen LogP contribution in [0.3, 0.4) is 0 Å². The Bertz CT molecular complexity index is 315. The minimum Gasteiger partial charge on any atom is -0.118 e. The number of halogens is 1. The Kier molecular flexibility index (Phi) is 8.99. The van der Waals surface area contributed by atoms with Gasteiger partial charge in [-0.25, -0.2) is 0 Å². The molecule has 0 radical (unpaired) electrons. The van der Waals surface area contributed by atoms with Gasteiger partial charge in [-0.1, -0.05) is 83.1 Å². The van der Waals surface area contributed by atoms with E-state index in [1.54, 1.807) is 0 Å². The van der Waals surface area contributed by atoms with Crippen molar-refractivity contribution in [1.82, 2.24) is 0 Å². The first-order valence-corrected chi connectivity index (χ1v) is 8.44. The van der Waals surface area contributed by atoms with Crippen molar-refractivity contribution in [2.75, 3.05) is 0 Å². The van der Waals surface area contributed by atoms with E-state index in [1.807, 2.05) is 0 Å². The fourth-order valence-electron chi connectivity index (χ4n) is 2.45. The van der Waals surface area contributed by atoms with Crippen molar-refractivity contribution in [3.05, 3.63) is 35.4 Å². The highest BCUT2D eigenvalue weighted by Gasteiger charge is 2.07. The zero-order valence-electron chi connectivity index (χ0n) is 12.6. The van der Waals surface area contributed by atoms with Crippen LogP contribution < -0.4 is 0 Å². The van der Waals surface area contributed by atoms with Gasteiger partial charge < -0.3 is 0 Å². The van der Waals surface area contributed by atoms with Crippen molar-refractivity contribution >= 4 is 11.6 Å². The third-order valence-electron chi connectivity index (χ3n) is 3.69. The predicted molar refractivity (Wildman–Crippen MR) is 87.0 cm³/mol. The van der Waals surface area contributed by atoms with E-state index < -0.39 is 0 Å². The summed E-state index contributed by atoms with van der Waals surface area (Å²) in [7, 11) is 0. The minimum absolute atomic E-state index is 0.196. The Balaban J connectivity index is 2.23. The minimum atomic E-state index is 0.196. The summed E-state index contributed by atoms with van der Waals surface area (Å²) in [4.78, 5) is 0. The smallest absolute Gasteiger partial charge is 0.0585 e. The summed E-state index contributed by atoms with van der Waals surface area (Å²) >= 11 is 6.48. The van der Waals surface area contributed by atoms with Crippen molar-refractivity contribution < 1.29 is 0 Å². The number of alkyl halides is 1. The average molecular weight is 281 g/mol. The molecule has 1 aromatic carbocycles. The number of hydrogen-bond donors (Lipinski definition) is 0. The van der Waals surface area contributed by atoms with Gasteiger partial charge in [-0.15, -0.1) is 11.6 Å². The van der Waals surface area contributed by atoms with E-state index in [1.165, 1.54) is 62.5 Å². The van der Waals surface area contributed by atoms with E-state index in [4.69, 9.17) is 11.6 Å². The summed E-state index contributed by atoms with van der Waals surface area (Å²) in [6, 6.07) is 8.88. The van der Waals surface area contributed by atoms with Gasteiger partial charge >= 0.3 is 0 Å². The molecule has 0 aliphatic carbocycles. The maximum atomic E-state index is 6.48. The Morgan fingerprint density at radius 1 is 0.842 bits per heavy atom. The third kappa shape index (κ3) is 7.01. The van der Waals surface area contributed by atoms with E-state index in [9.17, 15) is 0 Å². The van der Waals surface area contributed by atoms with Gasteiger partial charge in [0, 0.05) is 0 Å². The van der Waals surface area contributed by atoms with E-state index in [2.05, 4.69) is 38.1 Å². The second-order valence-corrected chi connectivity index (χ2v) is 6.04. The van der Waals surface area contributed by atoms with E-state index in [-0.39, 0.29) is 5.38 Å². The van der Waals surface area contributed by atoms with Crippen LogP contribution >= 0.6 is 11.6 Å². The number of rotatable bonds is 10. The van der Waals surface area contributed by atoms with Gasteiger partial charge in [0.15, 0.2) is 0 Å². The highest BCUT2D eigenvalue weighted by Crippen LogP contribution is 2.27. The fraction of sp³-hybridized carbons (Fsp3) is 0.667. The van der Waals surface area contributed by atoms with Crippen LogP contribution in [0, 0.1) is 0 Å². The van der Waals surface area contributed by atoms with E-state index in [0.717, 1.165) is 6.42 Å². The molecular formula is C18H29Cl. The maximum absolute atomic E-state index is 6.48. The topological polar surface area (TPSA) is 0 Å². The molecule has 1 heteroatoms. The van der Waals surface area contributed by atoms with Gasteiger partial charge in [0.1, 0.15) is 0 Å². The molecule has 0 aromatic heterocycles. The van der Waals surface area contributed by atoms with Gasteiger partial charge in [0.25, 0.3) is 0 Å². The van der Waals surface area contributed by atoms with Crippen LogP contribution in [0.15, 0.2) is 24.3 Å². The summed E-state index contributed by atoms with van der Waals surface area (Å²) in [6.07, 6.45) is 11.5. The predicted octanol–water partition coefficient (Wildman–Crippen LogP) is 6.67. The molecule has 0 aliphatic heterocycles. The molecule has 0 bridgehead atoms. The third-order valence-corrected chi connectivity index (χ3v) is 4.16. The van der Waals surface area contributed by atoms with Crippen LogP contribution in [0.25, 0.3) is 0 Å². The van der Waals surface area contributed by atoms with Gasteiger partial charge in [-0.2, -0.15) is 0 Å². The lowest BCUT2D eigenvalue weighted by atomic mass is 10.0. The average Bonchev–Trinajstić information content (AvgIpc) is 2.43. The molecule has 0 heterocycles. The summed E-state index contributed by atoms with van der Waals surface area (Å²) < 4.78 is 0. The lowest BCUT2D eigenvalue weighted by molar-refractivity contribution is 0.584. The first kappa shape index (κ1) is 16.6. The Labute approximate surface area is 124 Å². The lowest BCUT2D eigenvalue weighted by Crippen LogP contribution is -1.92. The van der Waals surface area contributed by atoms with Crippen molar-refractivity contribution in [3.63, 3.8) is 0 Å². The van der Waals surface area contributed by atoms with Crippen LogP contribution in [0.1, 0.15) is 81.7 Å². The van der Waals surface area contributed by atoms with E-state index in [0.29, 0.717) is 0 Å². The molecule has 19 heavy (non-hydrogen) atoms. The van der Waals surface area contributed by atoms with Crippen molar-refractivity contribution in [3.8, 4) is 0 Å². The molecule has 1 atom stereocenters. The molecule has 0 N–H and O–H groups in total. The Morgan fingerprint density at radius 2 is 1.47 bits per heavy atom. The Morgan fingerprint density at radius 3 is 2.11 bits per heavy atom. The summed E-state index contributed by atoms with van der Waals surface area (Å²) in [5.41, 5.74) is 2.71. The largest absolute Gasteiger partial charge is 0.118 e. The molecular weight excluding hydrogens is 252 g/mol. The Hall–Kier alpha value is -0.490. The quantitative estimate of drug-likeness (QED) is 0.332. The van der Waals surface area contributed by atoms with Crippen molar-refractivity contribution in [2.24, 2.45) is 0 Å². The molecule has 0 nitrogen and oxygen atoms in total. The van der Waals surface area contributed by atoms with Crippen molar-refractivity contribution in [2.45, 2.75) is 77.0 Å². The van der Waals surface area contributed by atoms with Gasteiger partial charge in [0.05, 0.1) is 5.38 Å². The fourth-order valence-corrected chi connectivity index (χ4v) is 2.75.